The van der Waals surface area contributed by atoms with Crippen molar-refractivity contribution in [2.75, 3.05) is 30.0 Å². The quantitative estimate of drug-likeness (QED) is 0.748. The lowest BCUT2D eigenvalue weighted by molar-refractivity contribution is 0.100. The van der Waals surface area contributed by atoms with Gasteiger partial charge in [0.2, 0.25) is 0 Å². The van der Waals surface area contributed by atoms with Gasteiger partial charge >= 0.3 is 0 Å². The van der Waals surface area contributed by atoms with E-state index in [0.29, 0.717) is 17.7 Å². The maximum atomic E-state index is 6.19. The van der Waals surface area contributed by atoms with Gasteiger partial charge in [-0.05, 0) is 22.0 Å². The minimum atomic E-state index is 0.292. The summed E-state index contributed by atoms with van der Waals surface area (Å²) in [7, 11) is 0. The number of pyridine rings is 1. The predicted molar refractivity (Wildman–Crippen MR) is 72.7 cm³/mol. The smallest absolute Gasteiger partial charge is 0.147 e. The Morgan fingerprint density at radius 1 is 1.62 bits per heavy atom. The van der Waals surface area contributed by atoms with Crippen molar-refractivity contribution in [2.24, 2.45) is 0 Å². The summed E-state index contributed by atoms with van der Waals surface area (Å²) in [6.45, 7) is 2.25. The van der Waals surface area contributed by atoms with Crippen molar-refractivity contribution < 1.29 is 4.74 Å². The maximum absolute atomic E-state index is 6.19. The third-order valence-corrected chi connectivity index (χ3v) is 3.93. The molecule has 3 nitrogen and oxygen atoms in total. The summed E-state index contributed by atoms with van der Waals surface area (Å²) in [6.07, 6.45) is 1.77. The van der Waals surface area contributed by atoms with Crippen LogP contribution in [0.25, 0.3) is 0 Å². The summed E-state index contributed by atoms with van der Waals surface area (Å²) >= 11 is 13.0. The zero-order valence-electron chi connectivity index (χ0n) is 8.50. The van der Waals surface area contributed by atoms with Gasteiger partial charge in [0.1, 0.15) is 5.82 Å². The fourth-order valence-electron chi connectivity index (χ4n) is 1.68. The molecule has 0 saturated carbocycles. The van der Waals surface area contributed by atoms with Crippen molar-refractivity contribution in [3.05, 3.63) is 21.8 Å². The van der Waals surface area contributed by atoms with Crippen molar-refractivity contribution in [3.8, 4) is 0 Å². The van der Waals surface area contributed by atoms with Crippen LogP contribution < -0.4 is 4.90 Å². The zero-order chi connectivity index (χ0) is 11.5. The Labute approximate surface area is 116 Å². The van der Waals surface area contributed by atoms with Crippen molar-refractivity contribution in [1.29, 1.82) is 0 Å². The van der Waals surface area contributed by atoms with Gasteiger partial charge in [0.15, 0.2) is 0 Å². The van der Waals surface area contributed by atoms with Crippen molar-refractivity contribution in [3.63, 3.8) is 0 Å². The molecule has 1 aromatic heterocycles. The number of hydrogen-bond acceptors (Lipinski definition) is 3. The van der Waals surface area contributed by atoms with Crippen molar-refractivity contribution in [2.45, 2.75) is 6.04 Å². The molecule has 2 heterocycles. The maximum Gasteiger partial charge on any atom is 0.147 e. The number of hydrogen-bond donors (Lipinski definition) is 0. The van der Waals surface area contributed by atoms with Gasteiger partial charge in [0.25, 0.3) is 0 Å². The summed E-state index contributed by atoms with van der Waals surface area (Å²) in [5.41, 5.74) is 0. The van der Waals surface area contributed by atoms with Crippen LogP contribution in [0.3, 0.4) is 0 Å². The lowest BCUT2D eigenvalue weighted by Gasteiger charge is -2.35. The van der Waals surface area contributed by atoms with E-state index in [2.05, 4.69) is 41.7 Å². The van der Waals surface area contributed by atoms with Crippen LogP contribution in [0.15, 0.2) is 16.7 Å². The van der Waals surface area contributed by atoms with Crippen molar-refractivity contribution >= 4 is 49.3 Å². The van der Waals surface area contributed by atoms with E-state index in [4.69, 9.17) is 16.3 Å². The topological polar surface area (TPSA) is 25.4 Å². The van der Waals surface area contributed by atoms with Crippen LogP contribution >= 0.6 is 43.5 Å². The monoisotopic (exact) mass is 368 g/mol. The Hall–Kier alpha value is 0.160. The number of nitrogens with zero attached hydrogens (tertiary/aromatic N) is 2. The van der Waals surface area contributed by atoms with Crippen LogP contribution in [0, 0.1) is 0 Å². The molecule has 0 N–H and O–H groups in total. The first-order chi connectivity index (χ1) is 7.72. The van der Waals surface area contributed by atoms with Gasteiger partial charge in [0.05, 0.1) is 24.3 Å². The highest BCUT2D eigenvalue weighted by atomic mass is 79.9. The van der Waals surface area contributed by atoms with Crippen LogP contribution in [-0.2, 0) is 4.74 Å². The number of alkyl halides is 1. The average molecular weight is 370 g/mol. The van der Waals surface area contributed by atoms with Crippen LogP contribution in [-0.4, -0.2) is 36.1 Å². The van der Waals surface area contributed by atoms with Crippen LogP contribution in [0.5, 0.6) is 0 Å². The molecule has 2 rings (SSSR count). The molecule has 0 aromatic carbocycles. The summed E-state index contributed by atoms with van der Waals surface area (Å²) < 4.78 is 6.33. The lowest BCUT2D eigenvalue weighted by Crippen LogP contribution is -2.47. The van der Waals surface area contributed by atoms with E-state index >= 15 is 0 Å². The molecule has 1 aromatic rings. The zero-order valence-corrected chi connectivity index (χ0v) is 12.4. The fourth-order valence-corrected chi connectivity index (χ4v) is 2.95. The molecule has 6 heteroatoms. The number of ether oxygens (including phenoxy) is 1. The molecule has 1 unspecified atom stereocenters. The largest absolute Gasteiger partial charge is 0.377 e. The Morgan fingerprint density at radius 2 is 2.44 bits per heavy atom. The molecule has 0 bridgehead atoms. The molecule has 1 fully saturated rings. The van der Waals surface area contributed by atoms with Crippen molar-refractivity contribution in [1.82, 2.24) is 4.98 Å². The number of halogens is 3. The molecule has 0 radical (unpaired) electrons. The first-order valence-electron chi connectivity index (χ1n) is 4.93. The Kier molecular flexibility index (Phi) is 4.47. The van der Waals surface area contributed by atoms with E-state index in [1.54, 1.807) is 6.20 Å². The molecule has 0 amide bonds. The average Bonchev–Trinajstić information content (AvgIpc) is 2.29. The third-order valence-electron chi connectivity index (χ3n) is 2.47. The van der Waals surface area contributed by atoms with Gasteiger partial charge in [-0.25, -0.2) is 4.98 Å². The highest BCUT2D eigenvalue weighted by molar-refractivity contribution is 9.10. The van der Waals surface area contributed by atoms with E-state index in [9.17, 15) is 0 Å². The SMILES string of the molecule is Clc1cc(Br)cnc1N1CCOCC1CBr. The minimum Gasteiger partial charge on any atom is -0.377 e. The number of aromatic nitrogens is 1. The molecule has 1 aliphatic heterocycles. The molecule has 1 aliphatic rings. The Balaban J connectivity index is 2.27. The first kappa shape index (κ1) is 12.6. The molecule has 1 saturated heterocycles. The number of rotatable bonds is 2. The molecule has 0 aliphatic carbocycles. The Bertz CT molecular complexity index is 378. The van der Waals surface area contributed by atoms with Gasteiger partial charge in [-0.3, -0.25) is 0 Å². The van der Waals surface area contributed by atoms with Crippen LogP contribution in [0.4, 0.5) is 5.82 Å². The molecule has 0 spiro atoms. The first-order valence-corrected chi connectivity index (χ1v) is 7.23. The van der Waals surface area contributed by atoms with E-state index in [1.807, 2.05) is 6.07 Å². The van der Waals surface area contributed by atoms with Gasteiger partial charge in [-0.1, -0.05) is 27.5 Å². The molecular weight excluding hydrogens is 359 g/mol. The normalized spacial score (nSPS) is 21.2. The second kappa shape index (κ2) is 5.67. The van der Waals surface area contributed by atoms with Gasteiger partial charge in [-0.2, -0.15) is 0 Å². The second-order valence-electron chi connectivity index (χ2n) is 3.54. The summed E-state index contributed by atoms with van der Waals surface area (Å²) in [5.74, 6) is 0.831. The second-order valence-corrected chi connectivity index (χ2v) is 5.51. The summed E-state index contributed by atoms with van der Waals surface area (Å²) in [4.78, 5) is 6.56. The standard InChI is InChI=1S/C10H11Br2ClN2O/c11-4-8-6-16-2-1-15(8)10-9(13)3-7(12)5-14-10/h3,5,8H,1-2,4,6H2. The number of anilines is 1. The third kappa shape index (κ3) is 2.70. The lowest BCUT2D eigenvalue weighted by atomic mass is 10.2. The Morgan fingerprint density at radius 3 is 3.12 bits per heavy atom. The summed E-state index contributed by atoms with van der Waals surface area (Å²) in [5, 5.41) is 1.52. The molecular formula is C10H11Br2ClN2O. The fraction of sp³-hybridized carbons (Fsp3) is 0.500. The van der Waals surface area contributed by atoms with Crippen LogP contribution in [0.2, 0.25) is 5.02 Å². The number of morpholine rings is 1. The van der Waals surface area contributed by atoms with Gasteiger partial charge < -0.3 is 9.64 Å². The molecule has 1 atom stereocenters. The van der Waals surface area contributed by atoms with E-state index < -0.39 is 0 Å². The summed E-state index contributed by atoms with van der Waals surface area (Å²) in [6, 6.07) is 2.16. The van der Waals surface area contributed by atoms with E-state index in [0.717, 1.165) is 28.8 Å². The highest BCUT2D eigenvalue weighted by Crippen LogP contribution is 2.28. The highest BCUT2D eigenvalue weighted by Gasteiger charge is 2.24. The van der Waals surface area contributed by atoms with E-state index in [1.165, 1.54) is 0 Å². The minimum absolute atomic E-state index is 0.292. The van der Waals surface area contributed by atoms with Gasteiger partial charge in [-0.15, -0.1) is 0 Å². The van der Waals surface area contributed by atoms with E-state index in [-0.39, 0.29) is 0 Å². The van der Waals surface area contributed by atoms with Crippen LogP contribution in [0.1, 0.15) is 0 Å². The predicted octanol–water partition coefficient (Wildman–Crippen LogP) is 3.10. The molecule has 88 valence electrons. The van der Waals surface area contributed by atoms with Gasteiger partial charge in [0, 0.05) is 22.5 Å². The molecule has 16 heavy (non-hydrogen) atoms.